The summed E-state index contributed by atoms with van der Waals surface area (Å²) in [5.41, 5.74) is 4.03. The Morgan fingerprint density at radius 3 is 2.41 bits per heavy atom. The lowest BCUT2D eigenvalue weighted by Gasteiger charge is -2.39. The van der Waals surface area contributed by atoms with Gasteiger partial charge in [0.2, 0.25) is 11.8 Å². The molecule has 2 fully saturated rings. The summed E-state index contributed by atoms with van der Waals surface area (Å²) in [5.74, 6) is -0.132. The van der Waals surface area contributed by atoms with Gasteiger partial charge in [0.25, 0.3) is 5.91 Å². The maximum absolute atomic E-state index is 13.1. The smallest absolute Gasteiger partial charge is 0.255 e. The van der Waals surface area contributed by atoms with Crippen LogP contribution < -0.4 is 15.4 Å². The number of hydrogen-bond donors (Lipinski definition) is 2. The first-order valence-corrected chi connectivity index (χ1v) is 14.5. The van der Waals surface area contributed by atoms with E-state index in [-0.39, 0.29) is 30.4 Å². The zero-order valence-corrected chi connectivity index (χ0v) is 23.1. The van der Waals surface area contributed by atoms with Gasteiger partial charge in [0.15, 0.2) is 0 Å². The van der Waals surface area contributed by atoms with Crippen LogP contribution in [0.15, 0.2) is 78.9 Å². The molecule has 0 aromatic heterocycles. The molecule has 6 rings (SSSR count). The summed E-state index contributed by atoms with van der Waals surface area (Å²) < 4.78 is 6.66. The van der Waals surface area contributed by atoms with Crippen molar-refractivity contribution < 1.29 is 19.1 Å². The second-order valence-electron chi connectivity index (χ2n) is 11.2. The highest BCUT2D eigenvalue weighted by Gasteiger charge is 2.39. The van der Waals surface area contributed by atoms with Crippen molar-refractivity contribution in [2.24, 2.45) is 0 Å². The van der Waals surface area contributed by atoms with Crippen LogP contribution in [0.3, 0.4) is 0 Å². The Kier molecular flexibility index (Phi) is 8.11. The van der Waals surface area contributed by atoms with E-state index in [1.165, 1.54) is 11.1 Å². The number of carbonyl (C=O) groups is 3. The number of rotatable bonds is 9. The molecule has 0 spiro atoms. The fourth-order valence-electron chi connectivity index (χ4n) is 6.16. The van der Waals surface area contributed by atoms with Crippen LogP contribution in [0.2, 0.25) is 0 Å². The Morgan fingerprint density at radius 1 is 0.902 bits per heavy atom. The van der Waals surface area contributed by atoms with E-state index in [1.807, 2.05) is 24.3 Å². The normalized spacial score (nSPS) is 22.9. The lowest BCUT2D eigenvalue weighted by atomic mass is 10.00. The molecule has 3 heterocycles. The molecule has 3 amide bonds. The largest absolute Gasteiger partial charge is 0.487 e. The van der Waals surface area contributed by atoms with Crippen molar-refractivity contribution in [3.63, 3.8) is 0 Å². The SMILES string of the molecule is O=C1CCC(N2Cc3cc(O[C@@H]4CN(Cc5ccccc5)CC[C@H]4NCCc4ccccc4)ccc3C2=O)C(=O)N1. The van der Waals surface area contributed by atoms with Gasteiger partial charge < -0.3 is 15.0 Å². The minimum Gasteiger partial charge on any atom is -0.487 e. The van der Waals surface area contributed by atoms with Crippen LogP contribution in [0.25, 0.3) is 0 Å². The van der Waals surface area contributed by atoms with E-state index in [0.717, 1.165) is 50.3 Å². The molecule has 3 aliphatic rings. The maximum atomic E-state index is 13.1. The Balaban J connectivity index is 1.15. The molecule has 41 heavy (non-hydrogen) atoms. The molecule has 1 unspecified atom stereocenters. The number of nitrogens with one attached hydrogen (secondary N) is 2. The van der Waals surface area contributed by atoms with Gasteiger partial charge in [-0.05, 0) is 60.7 Å². The Bertz CT molecular complexity index is 1400. The molecule has 2 N–H and O–H groups in total. The molecule has 212 valence electrons. The molecule has 0 saturated carbocycles. The van der Waals surface area contributed by atoms with Gasteiger partial charge in [-0.1, -0.05) is 60.7 Å². The number of imide groups is 1. The number of likely N-dealkylation sites (tertiary alicyclic amines) is 1. The van der Waals surface area contributed by atoms with Crippen molar-refractivity contribution in [2.45, 2.75) is 57.0 Å². The third kappa shape index (κ3) is 6.34. The fraction of sp³-hybridized carbons (Fsp3) is 0.364. The zero-order valence-electron chi connectivity index (χ0n) is 23.1. The highest BCUT2D eigenvalue weighted by atomic mass is 16.5. The second-order valence-corrected chi connectivity index (χ2v) is 11.2. The molecule has 3 atom stereocenters. The van der Waals surface area contributed by atoms with Crippen molar-refractivity contribution in [3.8, 4) is 5.75 Å². The van der Waals surface area contributed by atoms with E-state index in [2.05, 4.69) is 64.1 Å². The molecular weight excluding hydrogens is 516 g/mol. The number of amides is 3. The fourth-order valence-corrected chi connectivity index (χ4v) is 6.16. The number of fused-ring (bicyclic) bond motifs is 1. The van der Waals surface area contributed by atoms with Crippen molar-refractivity contribution in [2.75, 3.05) is 19.6 Å². The van der Waals surface area contributed by atoms with Crippen LogP contribution in [0.5, 0.6) is 5.75 Å². The molecule has 3 aromatic rings. The first-order chi connectivity index (χ1) is 20.0. The predicted molar refractivity (Wildman–Crippen MR) is 155 cm³/mol. The van der Waals surface area contributed by atoms with E-state index in [4.69, 9.17) is 4.74 Å². The topological polar surface area (TPSA) is 91.0 Å². The van der Waals surface area contributed by atoms with E-state index in [1.54, 1.807) is 11.0 Å². The molecule has 0 radical (unpaired) electrons. The molecule has 0 aliphatic carbocycles. The van der Waals surface area contributed by atoms with Gasteiger partial charge in [0, 0.05) is 44.2 Å². The summed E-state index contributed by atoms with van der Waals surface area (Å²) in [4.78, 5) is 41.2. The molecule has 2 saturated heterocycles. The highest BCUT2D eigenvalue weighted by Crippen LogP contribution is 2.31. The summed E-state index contributed by atoms with van der Waals surface area (Å²) >= 11 is 0. The molecule has 0 bridgehead atoms. The van der Waals surface area contributed by atoms with Gasteiger partial charge in [-0.2, -0.15) is 0 Å². The summed E-state index contributed by atoms with van der Waals surface area (Å²) in [6.07, 6.45) is 2.45. The zero-order chi connectivity index (χ0) is 28.2. The number of ether oxygens (including phenoxy) is 1. The number of benzene rings is 3. The van der Waals surface area contributed by atoms with Gasteiger partial charge in [-0.15, -0.1) is 0 Å². The van der Waals surface area contributed by atoms with Gasteiger partial charge in [-0.25, -0.2) is 0 Å². The first-order valence-electron chi connectivity index (χ1n) is 14.5. The number of hydrogen-bond acceptors (Lipinski definition) is 6. The van der Waals surface area contributed by atoms with Gasteiger partial charge in [-0.3, -0.25) is 24.6 Å². The number of nitrogens with zero attached hydrogens (tertiary/aromatic N) is 2. The van der Waals surface area contributed by atoms with Crippen molar-refractivity contribution >= 4 is 17.7 Å². The van der Waals surface area contributed by atoms with E-state index in [9.17, 15) is 14.4 Å². The third-order valence-corrected chi connectivity index (χ3v) is 8.34. The summed E-state index contributed by atoms with van der Waals surface area (Å²) in [5, 5.41) is 6.12. The second kappa shape index (κ2) is 12.2. The lowest BCUT2D eigenvalue weighted by Crippen LogP contribution is -2.55. The first kappa shape index (κ1) is 27.2. The minimum absolute atomic E-state index is 0.0652. The minimum atomic E-state index is -0.625. The standard InChI is InChI=1S/C33H36N4O4/c38-31-14-13-29(32(39)35-31)37-21-25-19-26(11-12-27(25)33(37)40)41-30-22-36(20-24-9-5-2-6-10-24)18-16-28(30)34-17-15-23-7-3-1-4-8-23/h1-12,19,28-30,34H,13-18,20-22H2,(H,35,38,39)/t28-,29?,30-/m1/s1. The summed E-state index contributed by atoms with van der Waals surface area (Å²) in [7, 11) is 0. The average molecular weight is 553 g/mol. The van der Waals surface area contributed by atoms with E-state index >= 15 is 0 Å². The Labute approximate surface area is 240 Å². The predicted octanol–water partition coefficient (Wildman–Crippen LogP) is 3.30. The van der Waals surface area contributed by atoms with Crippen LogP contribution in [-0.2, 0) is 29.1 Å². The Morgan fingerprint density at radius 2 is 1.66 bits per heavy atom. The monoisotopic (exact) mass is 552 g/mol. The van der Waals surface area contributed by atoms with E-state index < -0.39 is 11.9 Å². The van der Waals surface area contributed by atoms with Crippen LogP contribution >= 0.6 is 0 Å². The van der Waals surface area contributed by atoms with Gasteiger partial charge in [0.05, 0.1) is 0 Å². The van der Waals surface area contributed by atoms with Crippen molar-refractivity contribution in [3.05, 3.63) is 101 Å². The van der Waals surface area contributed by atoms with Crippen LogP contribution in [0.4, 0.5) is 0 Å². The maximum Gasteiger partial charge on any atom is 0.255 e. The van der Waals surface area contributed by atoms with Crippen LogP contribution in [-0.4, -0.2) is 65.3 Å². The van der Waals surface area contributed by atoms with Crippen molar-refractivity contribution in [1.82, 2.24) is 20.4 Å². The molecular formula is C33H36N4O4. The van der Waals surface area contributed by atoms with Crippen LogP contribution in [0.1, 0.15) is 46.3 Å². The molecule has 8 heteroatoms. The molecule has 3 aromatic carbocycles. The molecule has 3 aliphatic heterocycles. The summed E-state index contributed by atoms with van der Waals surface area (Å²) in [6, 6.07) is 26.2. The van der Waals surface area contributed by atoms with Gasteiger partial charge >= 0.3 is 0 Å². The third-order valence-electron chi connectivity index (χ3n) is 8.34. The number of carbonyl (C=O) groups excluding carboxylic acids is 3. The van der Waals surface area contributed by atoms with Crippen LogP contribution in [0, 0.1) is 0 Å². The highest BCUT2D eigenvalue weighted by molar-refractivity contribution is 6.05. The summed E-state index contributed by atoms with van der Waals surface area (Å²) in [6.45, 7) is 3.85. The van der Waals surface area contributed by atoms with E-state index in [0.29, 0.717) is 18.5 Å². The molecule has 8 nitrogen and oxygen atoms in total. The number of piperidine rings is 2. The quantitative estimate of drug-likeness (QED) is 0.396. The van der Waals surface area contributed by atoms with Gasteiger partial charge in [0.1, 0.15) is 17.9 Å². The lowest BCUT2D eigenvalue weighted by molar-refractivity contribution is -0.136. The van der Waals surface area contributed by atoms with Crippen molar-refractivity contribution in [1.29, 1.82) is 0 Å². The average Bonchev–Trinajstić information content (AvgIpc) is 3.30. The Hall–Kier alpha value is -4.01.